The van der Waals surface area contributed by atoms with Gasteiger partial charge in [-0.05, 0) is 58.0 Å². The summed E-state index contributed by atoms with van der Waals surface area (Å²) in [7, 11) is -4.29. The first-order chi connectivity index (χ1) is 20.9. The molecule has 0 spiro atoms. The second kappa shape index (κ2) is 11.4. The fraction of sp³-hybridized carbons (Fsp3) is 0.393. The number of ether oxygens (including phenoxy) is 1. The van der Waals surface area contributed by atoms with Crippen molar-refractivity contribution >= 4 is 21.9 Å². The van der Waals surface area contributed by atoms with Gasteiger partial charge in [-0.2, -0.15) is 22.9 Å². The number of aromatic nitrogens is 4. The van der Waals surface area contributed by atoms with Gasteiger partial charge in [-0.15, -0.1) is 0 Å². The van der Waals surface area contributed by atoms with E-state index in [1.54, 1.807) is 50.0 Å². The minimum absolute atomic E-state index is 0.110. The molecule has 0 saturated carbocycles. The van der Waals surface area contributed by atoms with Crippen LogP contribution in [0.2, 0.25) is 0 Å². The molecule has 17 heteroatoms. The number of rotatable bonds is 9. The first-order valence-corrected chi connectivity index (χ1v) is 15.2. The normalized spacial score (nSPS) is 15.1. The monoisotopic (exact) mass is 652 g/mol. The van der Waals surface area contributed by atoms with E-state index in [1.807, 2.05) is 11.6 Å². The van der Waals surface area contributed by atoms with Crippen LogP contribution in [-0.4, -0.2) is 59.4 Å². The van der Waals surface area contributed by atoms with E-state index in [0.29, 0.717) is 5.56 Å². The van der Waals surface area contributed by atoms with Crippen molar-refractivity contribution in [1.29, 1.82) is 0 Å². The van der Waals surface area contributed by atoms with Crippen molar-refractivity contribution in [3.63, 3.8) is 0 Å². The van der Waals surface area contributed by atoms with Gasteiger partial charge in [0.2, 0.25) is 5.91 Å². The number of carbonyl (C=O) groups is 2. The Morgan fingerprint density at radius 3 is 2.24 bits per heavy atom. The number of hydrogen-bond donors (Lipinski definition) is 1. The highest BCUT2D eigenvalue weighted by Crippen LogP contribution is 2.33. The van der Waals surface area contributed by atoms with Crippen LogP contribution >= 0.6 is 0 Å². The van der Waals surface area contributed by atoms with Crippen LogP contribution in [0.5, 0.6) is 0 Å². The lowest BCUT2D eigenvalue weighted by atomic mass is 9.97. The molecule has 1 aliphatic heterocycles. The van der Waals surface area contributed by atoms with E-state index in [4.69, 9.17) is 14.2 Å². The summed E-state index contributed by atoms with van der Waals surface area (Å²) >= 11 is 0. The van der Waals surface area contributed by atoms with Gasteiger partial charge in [0.15, 0.2) is 5.69 Å². The topological polar surface area (TPSA) is 143 Å². The van der Waals surface area contributed by atoms with Crippen molar-refractivity contribution in [2.24, 2.45) is 11.3 Å². The SMILES string of the molecule is Cc1ccc(-c2cc(C(F)(F)F)nn2-c2ccc(S(=O)(=O)NC(=O)C3CN(n4on4OC(C)OC(=O)C(C)(C)C)C3)cc2)cc1. The molecule has 1 saturated heterocycles. The molecule has 1 amide bonds. The fourth-order valence-electron chi connectivity index (χ4n) is 4.19. The highest BCUT2D eigenvalue weighted by molar-refractivity contribution is 7.90. The van der Waals surface area contributed by atoms with Crippen LogP contribution in [0.4, 0.5) is 13.2 Å². The van der Waals surface area contributed by atoms with E-state index in [2.05, 4.69) is 5.10 Å². The van der Waals surface area contributed by atoms with E-state index in [1.165, 1.54) is 36.2 Å². The Kier molecular flexibility index (Phi) is 8.01. The summed E-state index contributed by atoms with van der Waals surface area (Å²) in [6, 6.07) is 12.7. The number of nitrogens with one attached hydrogen (secondary N) is 1. The highest BCUT2D eigenvalue weighted by Gasteiger charge is 2.40. The molecule has 1 atom stereocenters. The lowest BCUT2D eigenvalue weighted by molar-refractivity contribution is -0.189. The van der Waals surface area contributed by atoms with Crippen LogP contribution < -0.4 is 14.6 Å². The summed E-state index contributed by atoms with van der Waals surface area (Å²) in [5.41, 5.74) is -0.0505. The van der Waals surface area contributed by atoms with Gasteiger partial charge in [0.1, 0.15) is 5.02 Å². The van der Waals surface area contributed by atoms with E-state index >= 15 is 0 Å². The fourth-order valence-corrected chi connectivity index (χ4v) is 5.23. The quantitative estimate of drug-likeness (QED) is 0.212. The average Bonchev–Trinajstić information content (AvgIpc) is 3.48. The number of hydrogen-bond acceptors (Lipinski definition) is 9. The van der Waals surface area contributed by atoms with Crippen LogP contribution in [0.25, 0.3) is 16.9 Å². The molecule has 13 nitrogen and oxygen atoms in total. The Morgan fingerprint density at radius 2 is 1.67 bits per heavy atom. The molecule has 4 aromatic rings. The zero-order chi connectivity index (χ0) is 32.9. The molecule has 0 bridgehead atoms. The first-order valence-electron chi connectivity index (χ1n) is 13.7. The van der Waals surface area contributed by atoms with E-state index in [9.17, 15) is 31.2 Å². The van der Waals surface area contributed by atoms with Gasteiger partial charge in [0.05, 0.1) is 40.7 Å². The molecule has 0 radical (unpaired) electrons. The van der Waals surface area contributed by atoms with E-state index < -0.39 is 51.4 Å². The van der Waals surface area contributed by atoms with Gasteiger partial charge in [-0.25, -0.2) is 17.8 Å². The number of esters is 1. The van der Waals surface area contributed by atoms with Crippen LogP contribution in [0, 0.1) is 18.3 Å². The van der Waals surface area contributed by atoms with Gasteiger partial charge in [-0.1, -0.05) is 29.8 Å². The van der Waals surface area contributed by atoms with Gasteiger partial charge in [0, 0.05) is 17.5 Å². The molecule has 2 aromatic carbocycles. The summed E-state index contributed by atoms with van der Waals surface area (Å²) in [5.74, 6) is -1.91. The molecule has 5 rings (SSSR count). The van der Waals surface area contributed by atoms with E-state index in [0.717, 1.165) is 21.3 Å². The standard InChI is InChI=1S/C28H31F3N6O7S/c1-17-6-8-19(9-7-17)23-14-24(28(29,30)31)32-35(23)21-10-12-22(13-11-21)45(40,41)33-25(38)20-15-34(16-20)36-37(44-36)43-18(2)42-26(39)27(3,4)5/h6-14,18,20H,15-16H2,1-5H3,(H,33,38). The Balaban J connectivity index is 1.20. The van der Waals surface area contributed by atoms with Gasteiger partial charge in [-0.3, -0.25) is 14.6 Å². The maximum atomic E-state index is 13.5. The van der Waals surface area contributed by atoms with Crippen LogP contribution in [0.3, 0.4) is 0 Å². The maximum absolute atomic E-state index is 13.5. The minimum atomic E-state index is -4.69. The zero-order valence-electron chi connectivity index (χ0n) is 24.9. The number of benzene rings is 2. The largest absolute Gasteiger partial charge is 0.435 e. The third-order valence-corrected chi connectivity index (χ3v) is 8.19. The van der Waals surface area contributed by atoms with Crippen molar-refractivity contribution in [1.82, 2.24) is 24.5 Å². The second-order valence-corrected chi connectivity index (χ2v) is 13.3. The molecule has 2 aromatic heterocycles. The smallest absolute Gasteiger partial charge is 0.423 e. The number of nitrogens with zero attached hydrogens (tertiary/aromatic N) is 5. The van der Waals surface area contributed by atoms with Crippen molar-refractivity contribution in [3.8, 4) is 16.9 Å². The van der Waals surface area contributed by atoms with Crippen LogP contribution in [-0.2, 0) is 30.5 Å². The Labute approximate surface area is 255 Å². The van der Waals surface area contributed by atoms with Crippen molar-refractivity contribution in [2.45, 2.75) is 52.0 Å². The second-order valence-electron chi connectivity index (χ2n) is 11.6. The van der Waals surface area contributed by atoms with Gasteiger partial charge >= 0.3 is 12.1 Å². The summed E-state index contributed by atoms with van der Waals surface area (Å²) in [4.78, 5) is 30.9. The van der Waals surface area contributed by atoms with Crippen LogP contribution in [0.1, 0.15) is 39.0 Å². The third kappa shape index (κ3) is 7.02. The average molecular weight is 653 g/mol. The van der Waals surface area contributed by atoms with Crippen molar-refractivity contribution < 1.29 is 45.4 Å². The molecular weight excluding hydrogens is 621 g/mol. The summed E-state index contributed by atoms with van der Waals surface area (Å²) in [6.45, 7) is 8.66. The number of sulfonamides is 1. The Morgan fingerprint density at radius 1 is 1.04 bits per heavy atom. The third-order valence-electron chi connectivity index (χ3n) is 6.83. The lowest BCUT2D eigenvalue weighted by Gasteiger charge is -2.34. The Hall–Kier alpha value is -4.67. The number of alkyl halides is 3. The molecule has 45 heavy (non-hydrogen) atoms. The highest BCUT2D eigenvalue weighted by atomic mass is 32.2. The predicted molar refractivity (Wildman–Crippen MR) is 152 cm³/mol. The van der Waals surface area contributed by atoms with E-state index in [-0.39, 0.29) is 29.4 Å². The van der Waals surface area contributed by atoms with Crippen molar-refractivity contribution in [2.75, 3.05) is 18.1 Å². The molecular formula is C28H31F3N6O7S. The van der Waals surface area contributed by atoms with Crippen LogP contribution in [0.15, 0.2) is 64.1 Å². The Bertz CT molecular complexity index is 1790. The van der Waals surface area contributed by atoms with Gasteiger partial charge < -0.3 is 9.57 Å². The maximum Gasteiger partial charge on any atom is 0.435 e. The number of amides is 1. The first kappa shape index (κ1) is 31.7. The minimum Gasteiger partial charge on any atom is -0.423 e. The number of halogens is 3. The summed E-state index contributed by atoms with van der Waals surface area (Å²) < 4.78 is 79.8. The number of carbonyl (C=O) groups excluding carboxylic acids is 2. The number of aryl methyl sites for hydroxylation is 1. The predicted octanol–water partition coefficient (Wildman–Crippen LogP) is 3.50. The van der Waals surface area contributed by atoms with Crippen molar-refractivity contribution in [3.05, 3.63) is 65.9 Å². The molecule has 0 aliphatic carbocycles. The summed E-state index contributed by atoms with van der Waals surface area (Å²) in [6.07, 6.45) is -5.64. The molecule has 242 valence electrons. The zero-order valence-corrected chi connectivity index (χ0v) is 25.7. The summed E-state index contributed by atoms with van der Waals surface area (Å²) in [5, 5.41) is 6.22. The molecule has 1 aliphatic rings. The molecule has 1 unspecified atom stereocenters. The van der Waals surface area contributed by atoms with Gasteiger partial charge in [0.25, 0.3) is 16.3 Å². The molecule has 3 heterocycles. The lowest BCUT2D eigenvalue weighted by Crippen LogP contribution is -2.58. The molecule has 1 N–H and O–H groups in total. The molecule has 1 fully saturated rings.